The average Bonchev–Trinajstić information content (AvgIpc) is 2.93. The summed E-state index contributed by atoms with van der Waals surface area (Å²) >= 11 is 13.3. The summed E-state index contributed by atoms with van der Waals surface area (Å²) in [5, 5.41) is 13.8. The van der Waals surface area contributed by atoms with Gasteiger partial charge in [-0.05, 0) is 32.0 Å². The fourth-order valence-corrected chi connectivity index (χ4v) is 3.72. The highest BCUT2D eigenvalue weighted by atomic mass is 35.5. The molecule has 0 fully saturated rings. The van der Waals surface area contributed by atoms with Crippen LogP contribution < -0.4 is 11.1 Å². The Labute approximate surface area is 157 Å². The molecular formula is C16H14Cl2N4O2S. The molecule has 0 unspecified atom stereocenters. The highest BCUT2D eigenvalue weighted by molar-refractivity contribution is 7.20. The van der Waals surface area contributed by atoms with E-state index in [-0.39, 0.29) is 28.7 Å². The standard InChI is InChI=1S/C16H14Cl2N4O2S/c1-6(2)20-14(24)12-4-8-13(21-16(19)22-15(8)25-12)7-3-11(23)10(18)5-9(7)17/h3-6,23H,1-2H3,(H,20,24)(H2,19,21,22). The number of nitrogen functional groups attached to an aromatic ring is 1. The summed E-state index contributed by atoms with van der Waals surface area (Å²) in [6.45, 7) is 3.76. The first-order valence-corrected chi connectivity index (χ1v) is 8.89. The summed E-state index contributed by atoms with van der Waals surface area (Å²) in [5.41, 5.74) is 6.68. The maximum absolute atomic E-state index is 12.3. The first-order chi connectivity index (χ1) is 11.8. The number of phenols is 1. The number of fused-ring (bicyclic) bond motifs is 1. The van der Waals surface area contributed by atoms with Crippen molar-refractivity contribution in [2.45, 2.75) is 19.9 Å². The van der Waals surface area contributed by atoms with Crippen LogP contribution in [0.25, 0.3) is 21.5 Å². The van der Waals surface area contributed by atoms with Crippen LogP contribution >= 0.6 is 34.5 Å². The van der Waals surface area contributed by atoms with Crippen molar-refractivity contribution in [2.24, 2.45) is 0 Å². The lowest BCUT2D eigenvalue weighted by atomic mass is 10.1. The van der Waals surface area contributed by atoms with Gasteiger partial charge in [-0.3, -0.25) is 4.79 Å². The third-order valence-electron chi connectivity index (χ3n) is 3.35. The summed E-state index contributed by atoms with van der Waals surface area (Å²) in [6, 6.07) is 4.54. The molecule has 9 heteroatoms. The molecule has 2 heterocycles. The Kier molecular flexibility index (Phi) is 4.73. The Morgan fingerprint density at radius 2 is 1.96 bits per heavy atom. The van der Waals surface area contributed by atoms with E-state index in [1.165, 1.54) is 23.5 Å². The molecule has 25 heavy (non-hydrogen) atoms. The van der Waals surface area contributed by atoms with Gasteiger partial charge in [0.05, 0.1) is 20.6 Å². The Bertz CT molecular complexity index is 988. The normalized spacial score (nSPS) is 11.2. The van der Waals surface area contributed by atoms with Crippen molar-refractivity contribution in [3.05, 3.63) is 33.1 Å². The number of phenolic OH excluding ortho intramolecular Hbond substituents is 1. The third-order valence-corrected chi connectivity index (χ3v) is 4.99. The summed E-state index contributed by atoms with van der Waals surface area (Å²) in [6.07, 6.45) is 0. The number of aromatic nitrogens is 2. The third kappa shape index (κ3) is 3.49. The number of amides is 1. The maximum Gasteiger partial charge on any atom is 0.261 e. The van der Waals surface area contributed by atoms with Gasteiger partial charge in [0.2, 0.25) is 5.95 Å². The lowest BCUT2D eigenvalue weighted by molar-refractivity contribution is 0.0947. The van der Waals surface area contributed by atoms with Crippen LogP contribution in [0.15, 0.2) is 18.2 Å². The molecule has 0 aliphatic rings. The van der Waals surface area contributed by atoms with E-state index < -0.39 is 0 Å². The summed E-state index contributed by atoms with van der Waals surface area (Å²) < 4.78 is 0. The molecule has 0 radical (unpaired) electrons. The quantitative estimate of drug-likeness (QED) is 0.618. The molecule has 4 N–H and O–H groups in total. The number of nitrogens with one attached hydrogen (secondary N) is 1. The van der Waals surface area contributed by atoms with Crippen molar-refractivity contribution in [3.63, 3.8) is 0 Å². The van der Waals surface area contributed by atoms with Crippen molar-refractivity contribution in [1.82, 2.24) is 15.3 Å². The zero-order valence-corrected chi connectivity index (χ0v) is 15.6. The average molecular weight is 397 g/mol. The predicted molar refractivity (Wildman–Crippen MR) is 102 cm³/mol. The number of thiophene rings is 1. The number of halogens is 2. The minimum atomic E-state index is -0.201. The first-order valence-electron chi connectivity index (χ1n) is 7.32. The van der Waals surface area contributed by atoms with E-state index in [2.05, 4.69) is 15.3 Å². The van der Waals surface area contributed by atoms with E-state index in [1.807, 2.05) is 13.8 Å². The number of hydrogen-bond acceptors (Lipinski definition) is 6. The molecule has 0 aliphatic heterocycles. The molecule has 6 nitrogen and oxygen atoms in total. The molecule has 1 aromatic carbocycles. The number of nitrogens with two attached hydrogens (primary N) is 1. The summed E-state index contributed by atoms with van der Waals surface area (Å²) in [5.74, 6) is -0.280. The van der Waals surface area contributed by atoms with Crippen LogP contribution in [-0.2, 0) is 0 Å². The van der Waals surface area contributed by atoms with Crippen LogP contribution in [-0.4, -0.2) is 27.0 Å². The monoisotopic (exact) mass is 396 g/mol. The van der Waals surface area contributed by atoms with Crippen LogP contribution in [0.2, 0.25) is 10.0 Å². The SMILES string of the molecule is CC(C)NC(=O)c1cc2c(-c3cc(O)c(Cl)cc3Cl)nc(N)nc2s1. The van der Waals surface area contributed by atoms with Crippen LogP contribution in [0, 0.1) is 0 Å². The number of rotatable bonds is 3. The van der Waals surface area contributed by atoms with Gasteiger partial charge in [-0.25, -0.2) is 9.97 Å². The Morgan fingerprint density at radius 1 is 1.24 bits per heavy atom. The molecule has 0 atom stereocenters. The number of hydrogen-bond donors (Lipinski definition) is 3. The molecule has 0 bridgehead atoms. The van der Waals surface area contributed by atoms with E-state index in [0.29, 0.717) is 31.4 Å². The summed E-state index contributed by atoms with van der Waals surface area (Å²) in [7, 11) is 0. The Balaban J connectivity index is 2.20. The second-order valence-electron chi connectivity index (χ2n) is 5.67. The van der Waals surface area contributed by atoms with Crippen molar-refractivity contribution >= 4 is 56.6 Å². The van der Waals surface area contributed by atoms with Gasteiger partial charge < -0.3 is 16.2 Å². The lowest BCUT2D eigenvalue weighted by Crippen LogP contribution is -2.29. The first kappa shape index (κ1) is 17.7. The fourth-order valence-electron chi connectivity index (χ4n) is 2.31. The molecule has 0 saturated heterocycles. The van der Waals surface area contributed by atoms with Gasteiger partial charge in [0.1, 0.15) is 10.6 Å². The van der Waals surface area contributed by atoms with Crippen molar-refractivity contribution in [1.29, 1.82) is 0 Å². The van der Waals surface area contributed by atoms with Crippen LogP contribution in [0.4, 0.5) is 5.95 Å². The zero-order chi connectivity index (χ0) is 18.3. The topological polar surface area (TPSA) is 101 Å². The number of aromatic hydroxyl groups is 1. The molecule has 0 saturated carbocycles. The maximum atomic E-state index is 12.3. The number of nitrogens with zero attached hydrogens (tertiary/aromatic N) is 2. The highest BCUT2D eigenvalue weighted by Gasteiger charge is 2.19. The highest BCUT2D eigenvalue weighted by Crippen LogP contribution is 2.39. The Morgan fingerprint density at radius 3 is 2.64 bits per heavy atom. The molecule has 3 aromatic rings. The number of anilines is 1. The minimum Gasteiger partial charge on any atom is -0.506 e. The number of benzene rings is 1. The molecule has 0 spiro atoms. The lowest BCUT2D eigenvalue weighted by Gasteiger charge is -2.08. The van der Waals surface area contributed by atoms with E-state index in [0.717, 1.165) is 0 Å². The van der Waals surface area contributed by atoms with Gasteiger partial charge in [-0.1, -0.05) is 23.2 Å². The van der Waals surface area contributed by atoms with Crippen LogP contribution in [0.5, 0.6) is 5.75 Å². The molecule has 1 amide bonds. The van der Waals surface area contributed by atoms with E-state index in [4.69, 9.17) is 28.9 Å². The number of carbonyl (C=O) groups is 1. The fraction of sp³-hybridized carbons (Fsp3) is 0.188. The second kappa shape index (κ2) is 6.67. The molecule has 2 aromatic heterocycles. The zero-order valence-electron chi connectivity index (χ0n) is 13.3. The summed E-state index contributed by atoms with van der Waals surface area (Å²) in [4.78, 5) is 21.7. The van der Waals surface area contributed by atoms with E-state index >= 15 is 0 Å². The van der Waals surface area contributed by atoms with Crippen LogP contribution in [0.3, 0.4) is 0 Å². The van der Waals surface area contributed by atoms with Crippen molar-refractivity contribution in [3.8, 4) is 17.0 Å². The van der Waals surface area contributed by atoms with E-state index in [9.17, 15) is 9.90 Å². The van der Waals surface area contributed by atoms with Gasteiger partial charge in [-0.15, -0.1) is 11.3 Å². The van der Waals surface area contributed by atoms with Gasteiger partial charge >= 0.3 is 0 Å². The van der Waals surface area contributed by atoms with Gasteiger partial charge in [0, 0.05) is 17.0 Å². The number of carbonyl (C=O) groups excluding carboxylic acids is 1. The molecular weight excluding hydrogens is 383 g/mol. The Hall–Kier alpha value is -2.09. The minimum absolute atomic E-state index is 0.0102. The molecule has 130 valence electrons. The molecule has 0 aliphatic carbocycles. The predicted octanol–water partition coefficient (Wildman–Crippen LogP) is 4.09. The van der Waals surface area contributed by atoms with Crippen molar-refractivity contribution in [2.75, 3.05) is 5.73 Å². The second-order valence-corrected chi connectivity index (χ2v) is 7.52. The van der Waals surface area contributed by atoms with Gasteiger partial charge in [0.25, 0.3) is 5.91 Å². The van der Waals surface area contributed by atoms with Crippen molar-refractivity contribution < 1.29 is 9.90 Å². The largest absolute Gasteiger partial charge is 0.506 e. The van der Waals surface area contributed by atoms with E-state index in [1.54, 1.807) is 6.07 Å². The van der Waals surface area contributed by atoms with Gasteiger partial charge in [0.15, 0.2) is 0 Å². The smallest absolute Gasteiger partial charge is 0.261 e. The van der Waals surface area contributed by atoms with Gasteiger partial charge in [-0.2, -0.15) is 0 Å². The van der Waals surface area contributed by atoms with Crippen LogP contribution in [0.1, 0.15) is 23.5 Å². The molecule has 3 rings (SSSR count).